The molecule has 0 aromatic rings. The fraction of sp³-hybridized carbons (Fsp3) is 0.857. The third-order valence-corrected chi connectivity index (χ3v) is 4.43. The Morgan fingerprint density at radius 2 is 2.14 bits per heavy atom. The molecule has 0 aromatic heterocycles. The van der Waals surface area contributed by atoms with E-state index in [1.54, 1.807) is 0 Å². The molecule has 0 bridgehead atoms. The first-order valence-corrected chi connectivity index (χ1v) is 5.76. The largest absolute Gasteiger partial charge is 0.480 e. The lowest BCUT2D eigenvalue weighted by atomic mass is 10.3. The van der Waals surface area contributed by atoms with Gasteiger partial charge < -0.3 is 10.2 Å². The zero-order chi connectivity index (χ0) is 10.9. The Kier molecular flexibility index (Phi) is 3.13. The summed E-state index contributed by atoms with van der Waals surface area (Å²) in [6, 6.07) is 0. The average molecular weight is 223 g/mol. The quantitative estimate of drug-likeness (QED) is 0.630. The van der Waals surface area contributed by atoms with Crippen LogP contribution in [0.3, 0.4) is 0 Å². The van der Waals surface area contributed by atoms with E-state index in [-0.39, 0.29) is 13.1 Å². The van der Waals surface area contributed by atoms with Crippen molar-refractivity contribution in [3.05, 3.63) is 0 Å². The highest BCUT2D eigenvalue weighted by atomic mass is 32.2. The van der Waals surface area contributed by atoms with Crippen molar-refractivity contribution >= 4 is 16.0 Å². The molecule has 2 atom stereocenters. The van der Waals surface area contributed by atoms with E-state index < -0.39 is 27.3 Å². The molecule has 1 aliphatic rings. The Bertz CT molecular complexity index is 325. The van der Waals surface area contributed by atoms with Gasteiger partial charge in [-0.05, 0) is 13.3 Å². The van der Waals surface area contributed by atoms with Crippen LogP contribution in [-0.2, 0) is 14.8 Å². The van der Waals surface area contributed by atoms with E-state index in [0.717, 1.165) is 11.2 Å². The second kappa shape index (κ2) is 3.84. The van der Waals surface area contributed by atoms with Gasteiger partial charge in [-0.2, -0.15) is 4.31 Å². The lowest BCUT2D eigenvalue weighted by Crippen LogP contribution is -2.40. The lowest BCUT2D eigenvalue weighted by Gasteiger charge is -2.18. The van der Waals surface area contributed by atoms with Gasteiger partial charge in [0.25, 0.3) is 0 Å². The van der Waals surface area contributed by atoms with Gasteiger partial charge in [0, 0.05) is 13.1 Å². The topological polar surface area (TPSA) is 94.9 Å². The number of carbonyl (C=O) groups is 1. The predicted molar refractivity (Wildman–Crippen MR) is 48.2 cm³/mol. The molecular weight excluding hydrogens is 210 g/mol. The number of rotatable bonds is 3. The van der Waals surface area contributed by atoms with Crippen molar-refractivity contribution in [3.8, 4) is 0 Å². The van der Waals surface area contributed by atoms with Gasteiger partial charge in [0.2, 0.25) is 10.0 Å². The lowest BCUT2D eigenvalue weighted by molar-refractivity contribution is -0.136. The third kappa shape index (κ3) is 2.05. The average Bonchev–Trinajstić information content (AvgIpc) is 2.50. The molecule has 7 heteroatoms. The minimum atomic E-state index is -3.80. The molecule has 0 saturated carbocycles. The van der Waals surface area contributed by atoms with Gasteiger partial charge in [0.05, 0.1) is 6.10 Å². The van der Waals surface area contributed by atoms with Gasteiger partial charge in [0.1, 0.15) is 0 Å². The number of aliphatic hydroxyl groups is 1. The van der Waals surface area contributed by atoms with Gasteiger partial charge in [-0.25, -0.2) is 8.42 Å². The molecule has 0 aliphatic carbocycles. The molecule has 82 valence electrons. The Morgan fingerprint density at radius 3 is 2.50 bits per heavy atom. The minimum absolute atomic E-state index is 0.0000463. The van der Waals surface area contributed by atoms with Gasteiger partial charge in [0.15, 0.2) is 5.25 Å². The number of β-amino-alcohol motifs (C(OH)–C–C–N with tert-alkyl or cyclic N) is 1. The van der Waals surface area contributed by atoms with Crippen molar-refractivity contribution in [2.45, 2.75) is 24.7 Å². The second-order valence-electron chi connectivity index (χ2n) is 3.33. The maximum atomic E-state index is 11.6. The number of nitrogens with zero attached hydrogens (tertiary/aromatic N) is 1. The van der Waals surface area contributed by atoms with Crippen molar-refractivity contribution in [2.75, 3.05) is 13.1 Å². The summed E-state index contributed by atoms with van der Waals surface area (Å²) >= 11 is 0. The number of sulfonamides is 1. The van der Waals surface area contributed by atoms with Crippen molar-refractivity contribution < 1.29 is 23.4 Å². The van der Waals surface area contributed by atoms with E-state index in [1.807, 2.05) is 0 Å². The van der Waals surface area contributed by atoms with Crippen molar-refractivity contribution in [3.63, 3.8) is 0 Å². The van der Waals surface area contributed by atoms with E-state index in [2.05, 4.69) is 0 Å². The minimum Gasteiger partial charge on any atom is -0.480 e. The number of aliphatic carboxylic acids is 1. The summed E-state index contributed by atoms with van der Waals surface area (Å²) < 4.78 is 24.1. The summed E-state index contributed by atoms with van der Waals surface area (Å²) in [6.45, 7) is 1.32. The van der Waals surface area contributed by atoms with Gasteiger partial charge >= 0.3 is 5.97 Å². The molecule has 2 unspecified atom stereocenters. The molecule has 1 fully saturated rings. The van der Waals surface area contributed by atoms with Crippen molar-refractivity contribution in [2.24, 2.45) is 0 Å². The first-order valence-electron chi connectivity index (χ1n) is 4.25. The predicted octanol–water partition coefficient (Wildman–Crippen LogP) is -1.14. The molecule has 6 nitrogen and oxygen atoms in total. The first-order chi connectivity index (χ1) is 6.35. The molecule has 1 rings (SSSR count). The van der Waals surface area contributed by atoms with Gasteiger partial charge in [-0.15, -0.1) is 0 Å². The van der Waals surface area contributed by atoms with Crippen LogP contribution in [0.25, 0.3) is 0 Å². The molecule has 0 amide bonds. The molecule has 14 heavy (non-hydrogen) atoms. The highest BCUT2D eigenvalue weighted by molar-refractivity contribution is 7.90. The molecule has 1 aliphatic heterocycles. The van der Waals surface area contributed by atoms with E-state index in [1.165, 1.54) is 0 Å². The number of hydrogen-bond acceptors (Lipinski definition) is 4. The van der Waals surface area contributed by atoms with Crippen LogP contribution in [0.1, 0.15) is 13.3 Å². The second-order valence-corrected chi connectivity index (χ2v) is 5.58. The summed E-state index contributed by atoms with van der Waals surface area (Å²) in [5.74, 6) is -1.37. The third-order valence-electron chi connectivity index (χ3n) is 2.28. The summed E-state index contributed by atoms with van der Waals surface area (Å²) in [5, 5.41) is 16.3. The maximum absolute atomic E-state index is 11.6. The number of hydrogen-bond donors (Lipinski definition) is 2. The fourth-order valence-electron chi connectivity index (χ4n) is 1.29. The number of carboxylic acid groups (broad SMARTS) is 1. The van der Waals surface area contributed by atoms with Crippen molar-refractivity contribution in [1.82, 2.24) is 4.31 Å². The molecule has 0 spiro atoms. The van der Waals surface area contributed by atoms with Crippen LogP contribution in [0.5, 0.6) is 0 Å². The molecule has 1 saturated heterocycles. The smallest absolute Gasteiger partial charge is 0.323 e. The van der Waals surface area contributed by atoms with Crippen LogP contribution in [0.2, 0.25) is 0 Å². The summed E-state index contributed by atoms with van der Waals surface area (Å²) in [4.78, 5) is 10.5. The van der Waals surface area contributed by atoms with E-state index in [0.29, 0.717) is 6.42 Å². The normalized spacial score (nSPS) is 26.3. The van der Waals surface area contributed by atoms with Crippen LogP contribution < -0.4 is 0 Å². The fourth-order valence-corrected chi connectivity index (χ4v) is 2.73. The standard InChI is InChI=1S/C7H13NO5S/c1-5(7(10)11)14(12,13)8-3-2-6(9)4-8/h5-6,9H,2-4H2,1H3,(H,10,11). The Hall–Kier alpha value is -0.660. The van der Waals surface area contributed by atoms with Gasteiger partial charge in [-0.1, -0.05) is 0 Å². The zero-order valence-corrected chi connectivity index (χ0v) is 8.57. The van der Waals surface area contributed by atoms with Crippen LogP contribution >= 0.6 is 0 Å². The molecule has 0 radical (unpaired) electrons. The van der Waals surface area contributed by atoms with Crippen LogP contribution in [-0.4, -0.2) is 53.3 Å². The SMILES string of the molecule is CC(C(=O)O)S(=O)(=O)N1CCC(O)C1. The monoisotopic (exact) mass is 223 g/mol. The van der Waals surface area contributed by atoms with Gasteiger partial charge in [-0.3, -0.25) is 4.79 Å². The van der Waals surface area contributed by atoms with E-state index in [4.69, 9.17) is 10.2 Å². The van der Waals surface area contributed by atoms with E-state index >= 15 is 0 Å². The van der Waals surface area contributed by atoms with Crippen LogP contribution in [0.15, 0.2) is 0 Å². The zero-order valence-electron chi connectivity index (χ0n) is 7.75. The molecular formula is C7H13NO5S. The summed E-state index contributed by atoms with van der Waals surface area (Å²) in [6.07, 6.45) is -0.309. The first kappa shape index (κ1) is 11.4. The summed E-state index contributed by atoms with van der Waals surface area (Å²) in [5.41, 5.74) is 0. The van der Waals surface area contributed by atoms with Crippen LogP contribution in [0, 0.1) is 0 Å². The highest BCUT2D eigenvalue weighted by Gasteiger charge is 2.37. The Balaban J connectivity index is 2.81. The Morgan fingerprint density at radius 1 is 1.57 bits per heavy atom. The molecule has 2 N–H and O–H groups in total. The maximum Gasteiger partial charge on any atom is 0.323 e. The number of carboxylic acids is 1. The van der Waals surface area contributed by atoms with Crippen molar-refractivity contribution in [1.29, 1.82) is 0 Å². The molecule has 0 aromatic carbocycles. The highest BCUT2D eigenvalue weighted by Crippen LogP contribution is 2.17. The number of aliphatic hydroxyl groups excluding tert-OH is 1. The Labute approximate surface area is 82.2 Å². The van der Waals surface area contributed by atoms with E-state index in [9.17, 15) is 13.2 Å². The van der Waals surface area contributed by atoms with Crippen LogP contribution in [0.4, 0.5) is 0 Å². The molecule has 1 heterocycles. The summed E-state index contributed by atoms with van der Waals surface area (Å²) in [7, 11) is -3.80.